The van der Waals surface area contributed by atoms with Crippen LogP contribution in [0, 0.1) is 34.9 Å². The molecule has 1 amide bonds. The van der Waals surface area contributed by atoms with Crippen LogP contribution in [0.25, 0.3) is 16.5 Å². The van der Waals surface area contributed by atoms with E-state index in [1.54, 1.807) is 12.2 Å². The molecule has 9 nitrogen and oxygen atoms in total. The van der Waals surface area contributed by atoms with Gasteiger partial charge in [-0.05, 0) is 49.8 Å². The van der Waals surface area contributed by atoms with Gasteiger partial charge in [0.15, 0.2) is 11.6 Å². The SMILES string of the molecule is C=C(F)C(=O)N1CCN(c2nc(OC[C@@H]3[C@@H]4CC[C@@H]4CN3C)nc3c(F)c(C4=C5C(Cl)=C(F)C=CC5CC=C4)ncc23)C[C@@H]1CC#N. The summed E-state index contributed by atoms with van der Waals surface area (Å²) in [7, 11) is 2.07. The molecule has 13 heteroatoms. The molecule has 0 N–H and O–H groups in total. The maximum atomic E-state index is 16.7. The molecule has 5 atom stereocenters. The zero-order valence-corrected chi connectivity index (χ0v) is 26.6. The van der Waals surface area contributed by atoms with E-state index in [0.717, 1.165) is 13.0 Å². The lowest BCUT2D eigenvalue weighted by Crippen LogP contribution is -2.55. The third-order valence-corrected chi connectivity index (χ3v) is 10.6. The lowest BCUT2D eigenvalue weighted by Gasteiger charge is -2.41. The quantitative estimate of drug-likeness (QED) is 0.353. The van der Waals surface area contributed by atoms with E-state index in [1.165, 1.54) is 23.6 Å². The van der Waals surface area contributed by atoms with Gasteiger partial charge in [-0.3, -0.25) is 14.7 Å². The maximum absolute atomic E-state index is 16.7. The van der Waals surface area contributed by atoms with Crippen molar-refractivity contribution in [1.82, 2.24) is 24.8 Å². The molecule has 1 unspecified atom stereocenters. The topological polar surface area (TPSA) is 98.5 Å². The maximum Gasteiger partial charge on any atom is 0.319 e. The highest BCUT2D eigenvalue weighted by Gasteiger charge is 2.45. The summed E-state index contributed by atoms with van der Waals surface area (Å²) < 4.78 is 51.3. The Hall–Kier alpha value is -4.21. The molecule has 47 heavy (non-hydrogen) atoms. The molecular formula is C34H33ClF3N7O2. The second-order valence-corrected chi connectivity index (χ2v) is 13.2. The summed E-state index contributed by atoms with van der Waals surface area (Å²) in [6, 6.07) is 1.56. The second kappa shape index (κ2) is 12.4. The van der Waals surface area contributed by atoms with Crippen LogP contribution in [0.4, 0.5) is 19.0 Å². The van der Waals surface area contributed by atoms with Crippen molar-refractivity contribution in [3.63, 3.8) is 0 Å². The Bertz CT molecular complexity index is 1840. The number of pyridine rings is 1. The first-order valence-electron chi connectivity index (χ1n) is 15.8. The zero-order chi connectivity index (χ0) is 33.0. The summed E-state index contributed by atoms with van der Waals surface area (Å²) in [4.78, 5) is 31.7. The van der Waals surface area contributed by atoms with Crippen LogP contribution in [0.3, 0.4) is 0 Å². The number of likely N-dealkylation sites (N-methyl/N-ethyl adjacent to an activating group) is 1. The summed E-state index contributed by atoms with van der Waals surface area (Å²) in [6.07, 6.45) is 10.9. The molecule has 4 heterocycles. The van der Waals surface area contributed by atoms with Gasteiger partial charge in [0.05, 0.1) is 29.0 Å². The standard InChI is InChI=1S/C34H33ClF3N7O2/c1-18(36)33(46)45-13-12-44(16-21(45)10-11-39)32-24-14-40-30(23-5-3-4-19-7-9-25(37)28(35)27(19)23)29(38)31(24)41-34(42-32)47-17-26-22-8-6-20(22)15-43(26)2/h3,5,7,9,14,19-22,26H,1,4,6,8,10,12-13,15-17H2,2H3/t19?,20-,21+,22-,26-/m1/s1. The van der Waals surface area contributed by atoms with Crippen molar-refractivity contribution in [2.45, 2.75) is 37.8 Å². The number of nitriles is 1. The fraction of sp³-hybridized carbons (Fsp3) is 0.441. The smallest absolute Gasteiger partial charge is 0.319 e. The van der Waals surface area contributed by atoms with Crippen molar-refractivity contribution in [1.29, 1.82) is 5.26 Å². The summed E-state index contributed by atoms with van der Waals surface area (Å²) in [6.45, 7) is 4.89. The number of anilines is 1. The molecule has 2 aliphatic heterocycles. The third kappa shape index (κ3) is 5.49. The number of rotatable bonds is 7. The second-order valence-electron chi connectivity index (χ2n) is 12.8. The van der Waals surface area contributed by atoms with Crippen LogP contribution in [-0.2, 0) is 4.79 Å². The number of piperazine rings is 1. The average molecular weight is 664 g/mol. The van der Waals surface area contributed by atoms with E-state index in [2.05, 4.69) is 34.6 Å². The van der Waals surface area contributed by atoms with E-state index in [9.17, 15) is 18.8 Å². The van der Waals surface area contributed by atoms with Gasteiger partial charge in [0, 0.05) is 49.9 Å². The third-order valence-electron chi connectivity index (χ3n) is 10.2. The number of hydrogen-bond acceptors (Lipinski definition) is 8. The predicted octanol–water partition coefficient (Wildman–Crippen LogP) is 5.62. The van der Waals surface area contributed by atoms with Gasteiger partial charge in [-0.15, -0.1) is 0 Å². The van der Waals surface area contributed by atoms with Crippen molar-refractivity contribution >= 4 is 39.8 Å². The number of halogens is 4. The molecule has 0 aromatic carbocycles. The van der Waals surface area contributed by atoms with Crippen LogP contribution < -0.4 is 9.64 Å². The Morgan fingerprint density at radius 3 is 2.77 bits per heavy atom. The molecule has 0 spiro atoms. The normalized spacial score (nSPS) is 27.1. The van der Waals surface area contributed by atoms with Crippen molar-refractivity contribution in [3.05, 3.63) is 70.9 Å². The van der Waals surface area contributed by atoms with Crippen LogP contribution in [0.5, 0.6) is 6.01 Å². The van der Waals surface area contributed by atoms with Crippen molar-refractivity contribution in [3.8, 4) is 12.1 Å². The lowest BCUT2D eigenvalue weighted by molar-refractivity contribution is -0.131. The van der Waals surface area contributed by atoms with Crippen molar-refractivity contribution in [2.24, 2.45) is 17.8 Å². The van der Waals surface area contributed by atoms with Gasteiger partial charge in [0.1, 0.15) is 29.5 Å². The molecule has 2 saturated heterocycles. The van der Waals surface area contributed by atoms with Gasteiger partial charge in [0.2, 0.25) is 0 Å². The monoisotopic (exact) mass is 663 g/mol. The van der Waals surface area contributed by atoms with Crippen LogP contribution >= 0.6 is 11.6 Å². The summed E-state index contributed by atoms with van der Waals surface area (Å²) in [5.74, 6) is -2.05. The Kier molecular flexibility index (Phi) is 8.30. The fourth-order valence-corrected chi connectivity index (χ4v) is 7.95. The fourth-order valence-electron chi connectivity index (χ4n) is 7.64. The first-order chi connectivity index (χ1) is 22.7. The number of nitrogens with zero attached hydrogens (tertiary/aromatic N) is 7. The van der Waals surface area contributed by atoms with E-state index in [0.29, 0.717) is 47.2 Å². The van der Waals surface area contributed by atoms with Crippen molar-refractivity contribution < 1.29 is 22.7 Å². The molecule has 3 fully saturated rings. The van der Waals surface area contributed by atoms with Gasteiger partial charge in [-0.2, -0.15) is 15.2 Å². The van der Waals surface area contributed by atoms with E-state index in [-0.39, 0.29) is 60.3 Å². The van der Waals surface area contributed by atoms with Crippen LogP contribution in [0.2, 0.25) is 0 Å². The number of allylic oxidation sites excluding steroid dienone is 8. The molecule has 3 aliphatic carbocycles. The Morgan fingerprint density at radius 1 is 1.21 bits per heavy atom. The van der Waals surface area contributed by atoms with Gasteiger partial charge in [-0.25, -0.2) is 13.2 Å². The molecule has 0 radical (unpaired) electrons. The van der Waals surface area contributed by atoms with Crippen LogP contribution in [0.15, 0.2) is 59.3 Å². The molecule has 5 aliphatic rings. The highest BCUT2D eigenvalue weighted by Crippen LogP contribution is 2.45. The minimum absolute atomic E-state index is 0.0218. The first-order valence-corrected chi connectivity index (χ1v) is 16.2. The van der Waals surface area contributed by atoms with E-state index in [4.69, 9.17) is 21.3 Å². The number of likely N-dealkylation sites (tertiary alicyclic amines) is 1. The molecular weight excluding hydrogens is 631 g/mol. The Morgan fingerprint density at radius 2 is 2.04 bits per heavy atom. The molecule has 1 saturated carbocycles. The van der Waals surface area contributed by atoms with Gasteiger partial charge in [0.25, 0.3) is 5.91 Å². The van der Waals surface area contributed by atoms with Crippen LogP contribution in [-0.4, -0.2) is 82.6 Å². The Balaban J connectivity index is 1.30. The highest BCUT2D eigenvalue weighted by atomic mass is 35.5. The summed E-state index contributed by atoms with van der Waals surface area (Å²) >= 11 is 6.42. The number of fused-ring (bicyclic) bond motifs is 3. The molecule has 2 aromatic rings. The predicted molar refractivity (Wildman–Crippen MR) is 171 cm³/mol. The summed E-state index contributed by atoms with van der Waals surface area (Å²) in [5, 5.41) is 9.71. The van der Waals surface area contributed by atoms with E-state index in [1.807, 2.05) is 11.0 Å². The highest BCUT2D eigenvalue weighted by molar-refractivity contribution is 6.33. The average Bonchev–Trinajstić information content (AvgIpc) is 3.27. The molecule has 2 aromatic heterocycles. The number of amides is 1. The molecule has 7 rings (SSSR count). The summed E-state index contributed by atoms with van der Waals surface area (Å²) in [5.41, 5.74) is 0.750. The number of carbonyl (C=O) groups is 1. The van der Waals surface area contributed by atoms with E-state index >= 15 is 4.39 Å². The van der Waals surface area contributed by atoms with Gasteiger partial charge in [-0.1, -0.05) is 36.4 Å². The molecule has 244 valence electrons. The van der Waals surface area contributed by atoms with E-state index < -0.39 is 29.4 Å². The van der Waals surface area contributed by atoms with Crippen LogP contribution in [0.1, 0.15) is 31.4 Å². The lowest BCUT2D eigenvalue weighted by atomic mass is 9.73. The first kappa shape index (κ1) is 31.4. The molecule has 0 bridgehead atoms. The minimum Gasteiger partial charge on any atom is -0.462 e. The number of ether oxygens (including phenoxy) is 1. The number of aromatic nitrogens is 3. The zero-order valence-electron chi connectivity index (χ0n) is 25.8. The Labute approximate surface area is 275 Å². The van der Waals surface area contributed by atoms with Crippen molar-refractivity contribution in [2.75, 3.05) is 44.7 Å². The van der Waals surface area contributed by atoms with Gasteiger partial charge >= 0.3 is 6.01 Å². The van der Waals surface area contributed by atoms with Gasteiger partial charge < -0.3 is 14.5 Å². The minimum atomic E-state index is -1.10. The number of hydrogen-bond donors (Lipinski definition) is 0. The number of carbonyl (C=O) groups excluding carboxylic acids is 1. The largest absolute Gasteiger partial charge is 0.462 e.